The highest BCUT2D eigenvalue weighted by atomic mass is 35.5. The Morgan fingerprint density at radius 3 is 2.40 bits per heavy atom. The quantitative estimate of drug-likeness (QED) is 0.644. The molecule has 0 aliphatic carbocycles. The number of hydrogen-bond donors (Lipinski definition) is 2. The summed E-state index contributed by atoms with van der Waals surface area (Å²) < 4.78 is 0. The Balaban J connectivity index is 1.62. The van der Waals surface area contributed by atoms with Crippen LogP contribution in [0.15, 0.2) is 54.7 Å². The molecule has 0 amide bonds. The van der Waals surface area contributed by atoms with Crippen molar-refractivity contribution < 1.29 is 0 Å². The number of nitrogens with zero attached hydrogens (tertiary/aromatic N) is 2. The topological polar surface area (TPSA) is 49.8 Å². The van der Waals surface area contributed by atoms with E-state index in [1.54, 1.807) is 6.20 Å². The lowest BCUT2D eigenvalue weighted by Crippen LogP contribution is -2.09. The second kappa shape index (κ2) is 7.99. The van der Waals surface area contributed by atoms with Crippen molar-refractivity contribution in [3.05, 3.63) is 76.4 Å². The van der Waals surface area contributed by atoms with E-state index in [-0.39, 0.29) is 0 Å². The van der Waals surface area contributed by atoms with Gasteiger partial charge in [0.05, 0.1) is 0 Å². The van der Waals surface area contributed by atoms with Crippen molar-refractivity contribution in [2.75, 3.05) is 17.2 Å². The third-order valence-electron chi connectivity index (χ3n) is 4.00. The first kappa shape index (κ1) is 17.2. The third-order valence-corrected chi connectivity index (χ3v) is 4.25. The summed E-state index contributed by atoms with van der Waals surface area (Å²) in [5.41, 5.74) is 4.70. The molecule has 25 heavy (non-hydrogen) atoms. The van der Waals surface area contributed by atoms with E-state index in [0.717, 1.165) is 29.5 Å². The van der Waals surface area contributed by atoms with Crippen LogP contribution in [-0.4, -0.2) is 16.5 Å². The minimum absolute atomic E-state index is 0.616. The summed E-state index contributed by atoms with van der Waals surface area (Å²) in [6, 6.07) is 16.0. The molecule has 0 aliphatic heterocycles. The maximum Gasteiger partial charge on any atom is 0.224 e. The van der Waals surface area contributed by atoms with Crippen LogP contribution in [0.4, 0.5) is 17.5 Å². The third kappa shape index (κ3) is 4.70. The molecule has 0 fully saturated rings. The van der Waals surface area contributed by atoms with Gasteiger partial charge in [0.2, 0.25) is 5.95 Å². The molecule has 1 heterocycles. The number of halogens is 1. The average Bonchev–Trinajstić information content (AvgIpc) is 2.60. The molecule has 0 atom stereocenters. The summed E-state index contributed by atoms with van der Waals surface area (Å²) >= 11 is 5.91. The van der Waals surface area contributed by atoms with Gasteiger partial charge in [-0.15, -0.1) is 0 Å². The average molecular weight is 353 g/mol. The summed E-state index contributed by atoms with van der Waals surface area (Å²) in [7, 11) is 0. The van der Waals surface area contributed by atoms with E-state index in [1.165, 1.54) is 16.7 Å². The van der Waals surface area contributed by atoms with Crippen LogP contribution in [0.25, 0.3) is 0 Å². The first-order chi connectivity index (χ1) is 12.1. The fraction of sp³-hybridized carbons (Fsp3) is 0.200. The van der Waals surface area contributed by atoms with Crippen LogP contribution in [0.1, 0.15) is 16.7 Å². The smallest absolute Gasteiger partial charge is 0.224 e. The van der Waals surface area contributed by atoms with Crippen molar-refractivity contribution >= 4 is 29.1 Å². The summed E-state index contributed by atoms with van der Waals surface area (Å²) in [6.45, 7) is 4.93. The highest BCUT2D eigenvalue weighted by molar-refractivity contribution is 6.30. The first-order valence-electron chi connectivity index (χ1n) is 8.26. The molecular weight excluding hydrogens is 332 g/mol. The van der Waals surface area contributed by atoms with Crippen molar-refractivity contribution in [2.24, 2.45) is 0 Å². The normalized spacial score (nSPS) is 10.5. The van der Waals surface area contributed by atoms with Crippen LogP contribution in [0.3, 0.4) is 0 Å². The lowest BCUT2D eigenvalue weighted by atomic mass is 10.1. The van der Waals surface area contributed by atoms with E-state index in [0.29, 0.717) is 5.95 Å². The van der Waals surface area contributed by atoms with Gasteiger partial charge in [0, 0.05) is 23.5 Å². The number of aryl methyl sites for hydroxylation is 2. The van der Waals surface area contributed by atoms with Crippen LogP contribution in [0.5, 0.6) is 0 Å². The maximum absolute atomic E-state index is 5.91. The molecular formula is C20H21ClN4. The van der Waals surface area contributed by atoms with E-state index in [1.807, 2.05) is 30.3 Å². The van der Waals surface area contributed by atoms with Crippen molar-refractivity contribution in [3.8, 4) is 0 Å². The van der Waals surface area contributed by atoms with Crippen LogP contribution in [0, 0.1) is 13.8 Å². The zero-order chi connectivity index (χ0) is 17.6. The molecule has 0 bridgehead atoms. The van der Waals surface area contributed by atoms with Gasteiger partial charge in [-0.2, -0.15) is 4.98 Å². The predicted molar refractivity (Wildman–Crippen MR) is 105 cm³/mol. The minimum atomic E-state index is 0.616. The molecule has 0 radical (unpaired) electrons. The molecule has 0 unspecified atom stereocenters. The van der Waals surface area contributed by atoms with Gasteiger partial charge in [-0.05, 0) is 55.2 Å². The van der Waals surface area contributed by atoms with Crippen LogP contribution < -0.4 is 10.6 Å². The van der Waals surface area contributed by atoms with Crippen LogP contribution in [0.2, 0.25) is 5.02 Å². The van der Waals surface area contributed by atoms with Gasteiger partial charge in [-0.1, -0.05) is 41.9 Å². The number of nitrogens with one attached hydrogen (secondary N) is 2. The monoisotopic (exact) mass is 352 g/mol. The second-order valence-electron chi connectivity index (χ2n) is 5.96. The lowest BCUT2D eigenvalue weighted by Gasteiger charge is -2.12. The maximum atomic E-state index is 5.91. The van der Waals surface area contributed by atoms with Crippen molar-refractivity contribution in [1.29, 1.82) is 0 Å². The summed E-state index contributed by atoms with van der Waals surface area (Å²) in [6.07, 6.45) is 2.64. The molecule has 5 heteroatoms. The summed E-state index contributed by atoms with van der Waals surface area (Å²) in [5.74, 6) is 1.39. The Morgan fingerprint density at radius 1 is 0.960 bits per heavy atom. The molecule has 1 aromatic heterocycles. The molecule has 3 aromatic rings. The van der Waals surface area contributed by atoms with E-state index in [4.69, 9.17) is 11.6 Å². The molecule has 2 aromatic carbocycles. The Bertz CT molecular complexity index is 826. The van der Waals surface area contributed by atoms with E-state index < -0.39 is 0 Å². The first-order valence-corrected chi connectivity index (χ1v) is 8.64. The predicted octanol–water partition coefficient (Wildman–Crippen LogP) is 5.15. The number of anilines is 3. The molecule has 3 rings (SSSR count). The Kier molecular flexibility index (Phi) is 5.51. The van der Waals surface area contributed by atoms with Gasteiger partial charge in [-0.25, -0.2) is 4.98 Å². The molecule has 0 aliphatic rings. The number of para-hydroxylation sites is 1. The minimum Gasteiger partial charge on any atom is -0.354 e. The van der Waals surface area contributed by atoms with Crippen molar-refractivity contribution in [1.82, 2.24) is 9.97 Å². The standard InChI is InChI=1S/C20H21ClN4/c1-14-4-3-5-15(2)19(14)24-18-11-13-23-20(25-18)22-12-10-16-6-8-17(21)9-7-16/h3-9,11,13H,10,12H2,1-2H3,(H2,22,23,24,25). The second-order valence-corrected chi connectivity index (χ2v) is 6.40. The van der Waals surface area contributed by atoms with Gasteiger partial charge >= 0.3 is 0 Å². The van der Waals surface area contributed by atoms with Crippen molar-refractivity contribution in [3.63, 3.8) is 0 Å². The number of benzene rings is 2. The molecule has 0 saturated heterocycles. The Labute approximate surface area is 153 Å². The van der Waals surface area contributed by atoms with Crippen molar-refractivity contribution in [2.45, 2.75) is 20.3 Å². The number of aromatic nitrogens is 2. The fourth-order valence-corrected chi connectivity index (χ4v) is 2.75. The van der Waals surface area contributed by atoms with E-state index in [9.17, 15) is 0 Å². The summed E-state index contributed by atoms with van der Waals surface area (Å²) in [4.78, 5) is 8.83. The van der Waals surface area contributed by atoms with Crippen LogP contribution >= 0.6 is 11.6 Å². The molecule has 0 saturated carbocycles. The number of rotatable bonds is 6. The van der Waals surface area contributed by atoms with Gasteiger partial charge in [0.25, 0.3) is 0 Å². The molecule has 0 spiro atoms. The van der Waals surface area contributed by atoms with Gasteiger partial charge in [0.1, 0.15) is 5.82 Å². The molecule has 2 N–H and O–H groups in total. The molecule has 128 valence electrons. The number of hydrogen-bond acceptors (Lipinski definition) is 4. The zero-order valence-corrected chi connectivity index (χ0v) is 15.1. The van der Waals surface area contributed by atoms with Gasteiger partial charge < -0.3 is 10.6 Å². The van der Waals surface area contributed by atoms with Gasteiger partial charge in [-0.3, -0.25) is 0 Å². The highest BCUT2D eigenvalue weighted by Gasteiger charge is 2.05. The Hall–Kier alpha value is -2.59. The SMILES string of the molecule is Cc1cccc(C)c1Nc1ccnc(NCCc2ccc(Cl)cc2)n1. The lowest BCUT2D eigenvalue weighted by molar-refractivity contribution is 0.985. The highest BCUT2D eigenvalue weighted by Crippen LogP contribution is 2.23. The van der Waals surface area contributed by atoms with E-state index in [2.05, 4.69) is 52.6 Å². The largest absolute Gasteiger partial charge is 0.354 e. The Morgan fingerprint density at radius 2 is 1.68 bits per heavy atom. The van der Waals surface area contributed by atoms with Crippen LogP contribution in [-0.2, 0) is 6.42 Å². The zero-order valence-electron chi connectivity index (χ0n) is 14.4. The van der Waals surface area contributed by atoms with E-state index >= 15 is 0 Å². The molecule has 4 nitrogen and oxygen atoms in total. The summed E-state index contributed by atoms with van der Waals surface area (Å²) in [5, 5.41) is 7.41. The van der Waals surface area contributed by atoms with Gasteiger partial charge in [0.15, 0.2) is 0 Å². The fourth-order valence-electron chi connectivity index (χ4n) is 2.62.